The van der Waals surface area contributed by atoms with Crippen molar-refractivity contribution in [3.8, 4) is 0 Å². The number of anilines is 2. The van der Waals surface area contributed by atoms with Gasteiger partial charge in [-0.25, -0.2) is 14.8 Å². The molecule has 5 nitrogen and oxygen atoms in total. The van der Waals surface area contributed by atoms with E-state index in [9.17, 15) is 4.79 Å². The maximum atomic E-state index is 11.9. The first-order valence-corrected chi connectivity index (χ1v) is 7.06. The van der Waals surface area contributed by atoms with E-state index in [0.717, 1.165) is 17.8 Å². The zero-order valence-electron chi connectivity index (χ0n) is 12.6. The molecule has 1 atom stereocenters. The third-order valence-electron chi connectivity index (χ3n) is 3.37. The molecule has 1 aromatic heterocycles. The van der Waals surface area contributed by atoms with Crippen LogP contribution < -0.4 is 10.6 Å². The van der Waals surface area contributed by atoms with Crippen LogP contribution >= 0.6 is 0 Å². The molecule has 0 unspecified atom stereocenters. The standard InChI is InChI=1S/C16H20N4O/c1-4-11(2)13-5-7-14(8-6-13)19-16(21)20-15-17-10-9-12(3)18-15/h5-11H,4H2,1-3H3,(H2,17,18,19,20,21)/t11-/m0/s1. The molecule has 0 fully saturated rings. The Balaban J connectivity index is 1.96. The molecule has 0 bridgehead atoms. The van der Waals surface area contributed by atoms with Gasteiger partial charge in [0.15, 0.2) is 0 Å². The smallest absolute Gasteiger partial charge is 0.308 e. The number of aromatic nitrogens is 2. The molecular formula is C16H20N4O. The maximum Gasteiger partial charge on any atom is 0.326 e. The summed E-state index contributed by atoms with van der Waals surface area (Å²) in [4.78, 5) is 20.0. The fourth-order valence-electron chi connectivity index (χ4n) is 1.90. The Kier molecular flexibility index (Phi) is 4.87. The molecule has 0 aliphatic carbocycles. The quantitative estimate of drug-likeness (QED) is 0.893. The molecule has 110 valence electrons. The van der Waals surface area contributed by atoms with Crippen LogP contribution in [0.3, 0.4) is 0 Å². The number of amides is 2. The number of nitrogens with zero attached hydrogens (tertiary/aromatic N) is 2. The zero-order valence-corrected chi connectivity index (χ0v) is 12.6. The van der Waals surface area contributed by atoms with E-state index in [1.807, 2.05) is 31.2 Å². The fourth-order valence-corrected chi connectivity index (χ4v) is 1.90. The summed E-state index contributed by atoms with van der Waals surface area (Å²) in [7, 11) is 0. The molecule has 0 radical (unpaired) electrons. The lowest BCUT2D eigenvalue weighted by atomic mass is 9.99. The molecule has 5 heteroatoms. The van der Waals surface area contributed by atoms with E-state index >= 15 is 0 Å². The molecule has 2 rings (SSSR count). The molecule has 21 heavy (non-hydrogen) atoms. The first kappa shape index (κ1) is 15.0. The van der Waals surface area contributed by atoms with Gasteiger partial charge in [0.25, 0.3) is 0 Å². The molecule has 0 aliphatic rings. The second-order valence-electron chi connectivity index (χ2n) is 5.03. The van der Waals surface area contributed by atoms with Crippen molar-refractivity contribution in [2.45, 2.75) is 33.1 Å². The van der Waals surface area contributed by atoms with Crippen molar-refractivity contribution in [3.05, 3.63) is 47.8 Å². The van der Waals surface area contributed by atoms with E-state index in [0.29, 0.717) is 11.9 Å². The summed E-state index contributed by atoms with van der Waals surface area (Å²) in [5.74, 6) is 0.817. The van der Waals surface area contributed by atoms with E-state index in [1.165, 1.54) is 5.56 Å². The summed E-state index contributed by atoms with van der Waals surface area (Å²) >= 11 is 0. The normalized spacial score (nSPS) is 11.8. The third-order valence-corrected chi connectivity index (χ3v) is 3.37. The van der Waals surface area contributed by atoms with E-state index in [2.05, 4.69) is 34.4 Å². The molecule has 1 heterocycles. The van der Waals surface area contributed by atoms with E-state index in [-0.39, 0.29) is 6.03 Å². The van der Waals surface area contributed by atoms with Crippen LogP contribution in [0.25, 0.3) is 0 Å². The van der Waals surface area contributed by atoms with Crippen LogP contribution in [-0.4, -0.2) is 16.0 Å². The predicted molar refractivity (Wildman–Crippen MR) is 84.6 cm³/mol. The van der Waals surface area contributed by atoms with Crippen molar-refractivity contribution in [2.24, 2.45) is 0 Å². The zero-order chi connectivity index (χ0) is 15.2. The summed E-state index contributed by atoms with van der Waals surface area (Å²) in [6, 6.07) is 9.30. The van der Waals surface area contributed by atoms with Crippen molar-refractivity contribution in [3.63, 3.8) is 0 Å². The minimum absolute atomic E-state index is 0.295. The van der Waals surface area contributed by atoms with Gasteiger partial charge < -0.3 is 5.32 Å². The topological polar surface area (TPSA) is 66.9 Å². The Morgan fingerprint density at radius 3 is 2.52 bits per heavy atom. The van der Waals surface area contributed by atoms with Crippen molar-refractivity contribution >= 4 is 17.7 Å². The number of benzene rings is 1. The van der Waals surface area contributed by atoms with Gasteiger partial charge in [-0.15, -0.1) is 0 Å². The van der Waals surface area contributed by atoms with Crippen LogP contribution in [0.2, 0.25) is 0 Å². The predicted octanol–water partition coefficient (Wildman–Crippen LogP) is 3.94. The Labute approximate surface area is 124 Å². The minimum atomic E-state index is -0.350. The van der Waals surface area contributed by atoms with Crippen LogP contribution in [0.15, 0.2) is 36.5 Å². The molecule has 2 N–H and O–H groups in total. The average Bonchev–Trinajstić information content (AvgIpc) is 2.47. The molecule has 0 saturated carbocycles. The summed E-state index contributed by atoms with van der Waals surface area (Å²) < 4.78 is 0. The van der Waals surface area contributed by atoms with Gasteiger partial charge in [-0.05, 0) is 43.0 Å². The number of hydrogen-bond acceptors (Lipinski definition) is 3. The number of urea groups is 1. The van der Waals surface area contributed by atoms with Gasteiger partial charge in [-0.2, -0.15) is 0 Å². The SMILES string of the molecule is CC[C@H](C)c1ccc(NC(=O)Nc2nccc(C)n2)cc1. The fraction of sp³-hybridized carbons (Fsp3) is 0.312. The molecule has 1 aromatic carbocycles. The van der Waals surface area contributed by atoms with Crippen molar-refractivity contribution in [1.82, 2.24) is 9.97 Å². The maximum absolute atomic E-state index is 11.9. The van der Waals surface area contributed by atoms with Gasteiger partial charge >= 0.3 is 6.03 Å². The highest BCUT2D eigenvalue weighted by molar-refractivity contribution is 5.98. The molecule has 2 amide bonds. The van der Waals surface area contributed by atoms with Crippen LogP contribution in [-0.2, 0) is 0 Å². The Morgan fingerprint density at radius 2 is 1.90 bits per heavy atom. The summed E-state index contributed by atoms with van der Waals surface area (Å²) in [6.45, 7) is 6.19. The monoisotopic (exact) mass is 284 g/mol. The van der Waals surface area contributed by atoms with Gasteiger partial charge in [0.1, 0.15) is 0 Å². The number of hydrogen-bond donors (Lipinski definition) is 2. The molecular weight excluding hydrogens is 264 g/mol. The highest BCUT2D eigenvalue weighted by Crippen LogP contribution is 2.20. The van der Waals surface area contributed by atoms with Crippen molar-refractivity contribution in [2.75, 3.05) is 10.6 Å². The summed E-state index contributed by atoms with van der Waals surface area (Å²) in [5, 5.41) is 5.37. The first-order valence-electron chi connectivity index (χ1n) is 7.06. The third kappa shape index (κ3) is 4.27. The molecule has 0 spiro atoms. The summed E-state index contributed by atoms with van der Waals surface area (Å²) in [5.41, 5.74) is 2.82. The first-order chi connectivity index (χ1) is 10.1. The summed E-state index contributed by atoms with van der Waals surface area (Å²) in [6.07, 6.45) is 2.71. The lowest BCUT2D eigenvalue weighted by Gasteiger charge is -2.10. The van der Waals surface area contributed by atoms with Crippen molar-refractivity contribution in [1.29, 1.82) is 0 Å². The number of carbonyl (C=O) groups is 1. The van der Waals surface area contributed by atoms with Gasteiger partial charge in [0, 0.05) is 17.6 Å². The largest absolute Gasteiger partial charge is 0.326 e. The van der Waals surface area contributed by atoms with Crippen molar-refractivity contribution < 1.29 is 4.79 Å². The van der Waals surface area contributed by atoms with Crippen LogP contribution in [0, 0.1) is 6.92 Å². The Morgan fingerprint density at radius 1 is 1.19 bits per heavy atom. The number of carbonyl (C=O) groups excluding carboxylic acids is 1. The van der Waals surface area contributed by atoms with Crippen LogP contribution in [0.4, 0.5) is 16.4 Å². The molecule has 0 saturated heterocycles. The second-order valence-corrected chi connectivity index (χ2v) is 5.03. The minimum Gasteiger partial charge on any atom is -0.308 e. The lowest BCUT2D eigenvalue weighted by Crippen LogP contribution is -2.21. The lowest BCUT2D eigenvalue weighted by molar-refractivity contribution is 0.262. The number of rotatable bonds is 4. The highest BCUT2D eigenvalue weighted by Gasteiger charge is 2.06. The molecule has 0 aliphatic heterocycles. The van der Waals surface area contributed by atoms with Gasteiger partial charge in [0.2, 0.25) is 5.95 Å². The Hall–Kier alpha value is -2.43. The van der Waals surface area contributed by atoms with Gasteiger partial charge in [-0.1, -0.05) is 26.0 Å². The average molecular weight is 284 g/mol. The Bertz CT molecular complexity index is 610. The van der Waals surface area contributed by atoms with Crippen LogP contribution in [0.1, 0.15) is 37.4 Å². The van der Waals surface area contributed by atoms with Gasteiger partial charge in [-0.3, -0.25) is 5.32 Å². The van der Waals surface area contributed by atoms with Gasteiger partial charge in [0.05, 0.1) is 0 Å². The van der Waals surface area contributed by atoms with Crippen LogP contribution in [0.5, 0.6) is 0 Å². The van der Waals surface area contributed by atoms with E-state index in [1.54, 1.807) is 12.3 Å². The molecule has 2 aromatic rings. The second kappa shape index (κ2) is 6.83. The number of aryl methyl sites for hydroxylation is 1. The van der Waals surface area contributed by atoms with E-state index < -0.39 is 0 Å². The number of nitrogens with one attached hydrogen (secondary N) is 2. The highest BCUT2D eigenvalue weighted by atomic mass is 16.2. The van der Waals surface area contributed by atoms with E-state index in [4.69, 9.17) is 0 Å².